The Labute approximate surface area is 151 Å². The molecule has 0 fully saturated rings. The Kier molecular flexibility index (Phi) is 3.81. The van der Waals surface area contributed by atoms with Gasteiger partial charge in [-0.3, -0.25) is 14.9 Å². The monoisotopic (exact) mass is 364 g/mol. The number of hydrogen-bond acceptors (Lipinski definition) is 6. The van der Waals surface area contributed by atoms with Crippen LogP contribution >= 0.6 is 0 Å². The number of aromatic amines is 1. The SMILES string of the molecule is O=C(Nc1ccccc1[N+](=O)[O-])c1cccc2[nH]c(-c3ccc(O)o3)nc12. The van der Waals surface area contributed by atoms with Gasteiger partial charge in [0, 0.05) is 12.1 Å². The van der Waals surface area contributed by atoms with E-state index in [2.05, 4.69) is 15.3 Å². The number of imidazole rings is 1. The van der Waals surface area contributed by atoms with E-state index in [1.54, 1.807) is 30.3 Å². The number of amides is 1. The molecule has 2 aromatic heterocycles. The fourth-order valence-electron chi connectivity index (χ4n) is 2.72. The zero-order valence-corrected chi connectivity index (χ0v) is 13.7. The Balaban J connectivity index is 1.72. The van der Waals surface area contributed by atoms with Gasteiger partial charge < -0.3 is 19.8 Å². The summed E-state index contributed by atoms with van der Waals surface area (Å²) in [6, 6.07) is 13.8. The molecule has 27 heavy (non-hydrogen) atoms. The number of carbonyl (C=O) groups excluding carboxylic acids is 1. The van der Waals surface area contributed by atoms with Gasteiger partial charge in [0.15, 0.2) is 11.6 Å². The van der Waals surface area contributed by atoms with E-state index in [1.165, 1.54) is 24.3 Å². The first-order valence-electron chi connectivity index (χ1n) is 7.85. The van der Waals surface area contributed by atoms with E-state index in [1.807, 2.05) is 0 Å². The van der Waals surface area contributed by atoms with Crippen molar-refractivity contribution in [1.82, 2.24) is 9.97 Å². The molecular formula is C18H12N4O5. The minimum Gasteiger partial charge on any atom is -0.481 e. The van der Waals surface area contributed by atoms with Crippen LogP contribution in [0.5, 0.6) is 5.95 Å². The molecule has 9 heteroatoms. The number of carbonyl (C=O) groups is 1. The Morgan fingerprint density at radius 2 is 1.96 bits per heavy atom. The number of anilines is 1. The molecule has 2 aromatic carbocycles. The van der Waals surface area contributed by atoms with Crippen LogP contribution in [0.2, 0.25) is 0 Å². The van der Waals surface area contributed by atoms with Gasteiger partial charge in [0.25, 0.3) is 17.5 Å². The first-order chi connectivity index (χ1) is 13.0. The number of benzene rings is 2. The molecule has 0 bridgehead atoms. The summed E-state index contributed by atoms with van der Waals surface area (Å²) in [5.41, 5.74) is 1.09. The summed E-state index contributed by atoms with van der Waals surface area (Å²) < 4.78 is 5.12. The molecule has 0 aliphatic carbocycles. The number of hydrogen-bond donors (Lipinski definition) is 3. The predicted octanol–water partition coefficient (Wildman–Crippen LogP) is 3.69. The maximum atomic E-state index is 12.7. The molecule has 2 heterocycles. The summed E-state index contributed by atoms with van der Waals surface area (Å²) in [6.45, 7) is 0. The summed E-state index contributed by atoms with van der Waals surface area (Å²) in [7, 11) is 0. The van der Waals surface area contributed by atoms with Gasteiger partial charge in [-0.15, -0.1) is 0 Å². The summed E-state index contributed by atoms with van der Waals surface area (Å²) in [5, 5.41) is 23.0. The molecule has 0 radical (unpaired) electrons. The van der Waals surface area contributed by atoms with Gasteiger partial charge in [0.05, 0.1) is 16.0 Å². The number of furan rings is 1. The second-order valence-electron chi connectivity index (χ2n) is 5.65. The third-order valence-corrected chi connectivity index (χ3v) is 3.93. The van der Waals surface area contributed by atoms with Crippen LogP contribution in [-0.4, -0.2) is 25.9 Å². The average Bonchev–Trinajstić information content (AvgIpc) is 3.27. The van der Waals surface area contributed by atoms with E-state index in [0.717, 1.165) is 0 Å². The maximum absolute atomic E-state index is 12.7. The van der Waals surface area contributed by atoms with Crippen molar-refractivity contribution in [2.75, 3.05) is 5.32 Å². The number of fused-ring (bicyclic) bond motifs is 1. The highest BCUT2D eigenvalue weighted by Crippen LogP contribution is 2.28. The molecule has 0 aliphatic rings. The number of para-hydroxylation sites is 3. The lowest BCUT2D eigenvalue weighted by atomic mass is 10.1. The van der Waals surface area contributed by atoms with Crippen LogP contribution in [0, 0.1) is 10.1 Å². The first kappa shape index (κ1) is 16.3. The van der Waals surface area contributed by atoms with Gasteiger partial charge in [-0.2, -0.15) is 0 Å². The summed E-state index contributed by atoms with van der Waals surface area (Å²) in [4.78, 5) is 30.6. The van der Waals surface area contributed by atoms with Gasteiger partial charge in [-0.05, 0) is 24.3 Å². The highest BCUT2D eigenvalue weighted by molar-refractivity contribution is 6.12. The topological polar surface area (TPSA) is 134 Å². The Morgan fingerprint density at radius 1 is 1.15 bits per heavy atom. The molecule has 0 atom stereocenters. The average molecular weight is 364 g/mol. The Hall–Kier alpha value is -4.14. The number of aromatic hydroxyl groups is 1. The van der Waals surface area contributed by atoms with Crippen molar-refractivity contribution in [3.05, 3.63) is 70.3 Å². The van der Waals surface area contributed by atoms with E-state index in [0.29, 0.717) is 22.6 Å². The molecule has 0 saturated heterocycles. The van der Waals surface area contributed by atoms with Crippen molar-refractivity contribution in [3.63, 3.8) is 0 Å². The van der Waals surface area contributed by atoms with Gasteiger partial charge in [0.2, 0.25) is 0 Å². The maximum Gasteiger partial charge on any atom is 0.292 e. The van der Waals surface area contributed by atoms with E-state index < -0.39 is 10.8 Å². The van der Waals surface area contributed by atoms with Gasteiger partial charge >= 0.3 is 0 Å². The normalized spacial score (nSPS) is 10.8. The number of rotatable bonds is 4. The van der Waals surface area contributed by atoms with E-state index >= 15 is 0 Å². The zero-order chi connectivity index (χ0) is 19.0. The summed E-state index contributed by atoms with van der Waals surface area (Å²) >= 11 is 0. The molecule has 134 valence electrons. The number of nitro benzene ring substituents is 1. The molecule has 9 nitrogen and oxygen atoms in total. The van der Waals surface area contributed by atoms with Crippen molar-refractivity contribution in [2.45, 2.75) is 0 Å². The first-order valence-corrected chi connectivity index (χ1v) is 7.85. The van der Waals surface area contributed by atoms with Gasteiger partial charge in [-0.1, -0.05) is 18.2 Å². The summed E-state index contributed by atoms with van der Waals surface area (Å²) in [6.07, 6.45) is 0. The molecular weight excluding hydrogens is 352 g/mol. The largest absolute Gasteiger partial charge is 0.481 e. The van der Waals surface area contributed by atoms with Crippen LogP contribution in [0.15, 0.2) is 59.0 Å². The number of aromatic nitrogens is 2. The molecule has 0 spiro atoms. The number of nitrogens with one attached hydrogen (secondary N) is 2. The number of H-pyrrole nitrogens is 1. The van der Waals surface area contributed by atoms with E-state index in [9.17, 15) is 20.0 Å². The highest BCUT2D eigenvalue weighted by atomic mass is 16.6. The molecule has 0 unspecified atom stereocenters. The number of nitrogens with zero attached hydrogens (tertiary/aromatic N) is 2. The lowest BCUT2D eigenvalue weighted by Gasteiger charge is -2.06. The Bertz CT molecular complexity index is 1180. The van der Waals surface area contributed by atoms with Crippen molar-refractivity contribution in [3.8, 4) is 17.5 Å². The highest BCUT2D eigenvalue weighted by Gasteiger charge is 2.19. The Morgan fingerprint density at radius 3 is 2.70 bits per heavy atom. The predicted molar refractivity (Wildman–Crippen MR) is 96.5 cm³/mol. The molecule has 4 aromatic rings. The van der Waals surface area contributed by atoms with E-state index in [-0.39, 0.29) is 22.9 Å². The van der Waals surface area contributed by atoms with Crippen molar-refractivity contribution in [1.29, 1.82) is 0 Å². The fourth-order valence-corrected chi connectivity index (χ4v) is 2.72. The molecule has 4 rings (SSSR count). The van der Waals surface area contributed by atoms with Crippen LogP contribution < -0.4 is 5.32 Å². The quantitative estimate of drug-likeness (QED) is 0.373. The second kappa shape index (κ2) is 6.30. The standard InChI is InChI=1S/C18H12N4O5/c23-15-9-8-14(27-15)17-19-12-6-3-4-10(16(12)21-17)18(24)20-11-5-1-2-7-13(11)22(25)26/h1-9,23H,(H,19,21)(H,20,24). The van der Waals surface area contributed by atoms with Gasteiger partial charge in [-0.25, -0.2) is 4.98 Å². The van der Waals surface area contributed by atoms with Crippen LogP contribution in [0.4, 0.5) is 11.4 Å². The van der Waals surface area contributed by atoms with Crippen LogP contribution in [-0.2, 0) is 0 Å². The summed E-state index contributed by atoms with van der Waals surface area (Å²) in [5.74, 6) is -0.125. The van der Waals surface area contributed by atoms with Crippen molar-refractivity contribution >= 4 is 28.3 Å². The third-order valence-electron chi connectivity index (χ3n) is 3.93. The molecule has 0 saturated carbocycles. The second-order valence-corrected chi connectivity index (χ2v) is 5.65. The third kappa shape index (κ3) is 2.97. The van der Waals surface area contributed by atoms with Gasteiger partial charge in [0.1, 0.15) is 11.2 Å². The molecule has 0 aliphatic heterocycles. The minimum absolute atomic E-state index is 0.0937. The van der Waals surface area contributed by atoms with Crippen LogP contribution in [0.3, 0.4) is 0 Å². The minimum atomic E-state index is -0.563. The van der Waals surface area contributed by atoms with Crippen LogP contribution in [0.1, 0.15) is 10.4 Å². The smallest absolute Gasteiger partial charge is 0.292 e. The molecule has 1 amide bonds. The zero-order valence-electron chi connectivity index (χ0n) is 13.7. The number of nitro groups is 1. The molecule has 3 N–H and O–H groups in total. The van der Waals surface area contributed by atoms with E-state index in [4.69, 9.17) is 4.42 Å². The van der Waals surface area contributed by atoms with Crippen LogP contribution in [0.25, 0.3) is 22.6 Å². The lowest BCUT2D eigenvalue weighted by molar-refractivity contribution is -0.383. The lowest BCUT2D eigenvalue weighted by Crippen LogP contribution is -2.13. The van der Waals surface area contributed by atoms with Crippen molar-refractivity contribution in [2.24, 2.45) is 0 Å². The fraction of sp³-hybridized carbons (Fsp3) is 0. The van der Waals surface area contributed by atoms with Crippen molar-refractivity contribution < 1.29 is 19.2 Å².